The van der Waals surface area contributed by atoms with Gasteiger partial charge in [-0.25, -0.2) is 0 Å². The highest BCUT2D eigenvalue weighted by atomic mass is 35.5. The number of aryl methyl sites for hydroxylation is 1. The molecular formula is C26H19ClN2O2S2. The maximum Gasteiger partial charge on any atom is 0.267 e. The number of anilines is 1. The molecule has 5 rings (SSSR count). The van der Waals surface area contributed by atoms with Crippen molar-refractivity contribution in [2.45, 2.75) is 20.0 Å². The number of halogens is 1. The summed E-state index contributed by atoms with van der Waals surface area (Å²) in [5.41, 5.74) is 4.96. The molecule has 0 aliphatic carbocycles. The van der Waals surface area contributed by atoms with Crippen LogP contribution in [0, 0.1) is 6.92 Å². The zero-order valence-corrected chi connectivity index (χ0v) is 20.1. The fraction of sp³-hybridized carbons (Fsp3) is 0.115. The Bertz CT molecular complexity index is 1330. The van der Waals surface area contributed by atoms with E-state index in [2.05, 4.69) is 0 Å². The summed E-state index contributed by atoms with van der Waals surface area (Å²) in [6.07, 6.45) is 0. The van der Waals surface area contributed by atoms with Gasteiger partial charge in [-0.2, -0.15) is 0 Å². The maximum absolute atomic E-state index is 13.6. The number of hydrogen-bond donors (Lipinski definition) is 0. The van der Waals surface area contributed by atoms with E-state index in [0.29, 0.717) is 26.4 Å². The van der Waals surface area contributed by atoms with Crippen LogP contribution in [0.3, 0.4) is 0 Å². The molecule has 0 saturated carbocycles. The van der Waals surface area contributed by atoms with Crippen LogP contribution in [0.25, 0.3) is 5.57 Å². The van der Waals surface area contributed by atoms with Gasteiger partial charge in [0.2, 0.25) is 0 Å². The fourth-order valence-electron chi connectivity index (χ4n) is 4.02. The molecule has 0 spiro atoms. The number of hydrogen-bond acceptors (Lipinski definition) is 4. The van der Waals surface area contributed by atoms with Gasteiger partial charge in [0.25, 0.3) is 11.8 Å². The fourth-order valence-corrected chi connectivity index (χ4v) is 5.54. The normalized spacial score (nSPS) is 17.8. The third-order valence-corrected chi connectivity index (χ3v) is 7.56. The summed E-state index contributed by atoms with van der Waals surface area (Å²) in [5, 5.41) is 0.575. The average Bonchev–Trinajstić information content (AvgIpc) is 3.24. The maximum atomic E-state index is 13.6. The summed E-state index contributed by atoms with van der Waals surface area (Å²) < 4.78 is 0.421. The Morgan fingerprint density at radius 1 is 0.848 bits per heavy atom. The Morgan fingerprint density at radius 2 is 1.55 bits per heavy atom. The standard InChI is InChI=1S/C26H19ClN2O2S2/c1-16-10-12-17(13-11-16)14-28-21-9-5-3-7-19(21)22(24(28)30)23-25(31)29(26(32)33-23)15-18-6-2-4-8-20(18)27/h2-13H,14-15H2,1H3/b23-22-. The summed E-state index contributed by atoms with van der Waals surface area (Å²) in [5.74, 6) is -0.449. The molecule has 0 unspecified atom stereocenters. The van der Waals surface area contributed by atoms with Gasteiger partial charge in [0.1, 0.15) is 4.32 Å². The van der Waals surface area contributed by atoms with Gasteiger partial charge in [0.05, 0.1) is 29.3 Å². The van der Waals surface area contributed by atoms with E-state index in [-0.39, 0.29) is 18.4 Å². The molecule has 0 bridgehead atoms. The largest absolute Gasteiger partial charge is 0.303 e. The second-order valence-corrected chi connectivity index (χ2v) is 10.0. The minimum atomic E-state index is -0.264. The molecule has 7 heteroatoms. The summed E-state index contributed by atoms with van der Waals surface area (Å²) in [4.78, 5) is 30.7. The van der Waals surface area contributed by atoms with Crippen molar-refractivity contribution in [1.82, 2.24) is 4.90 Å². The van der Waals surface area contributed by atoms with Crippen LogP contribution in [0.15, 0.2) is 77.7 Å². The summed E-state index contributed by atoms with van der Waals surface area (Å²) in [7, 11) is 0. The number of para-hydroxylation sites is 1. The third kappa shape index (κ3) is 3.99. The zero-order chi connectivity index (χ0) is 23.1. The van der Waals surface area contributed by atoms with Gasteiger partial charge in [0.15, 0.2) is 0 Å². The molecule has 33 heavy (non-hydrogen) atoms. The van der Waals surface area contributed by atoms with Crippen molar-refractivity contribution in [2.75, 3.05) is 4.90 Å². The van der Waals surface area contributed by atoms with Crippen LogP contribution in [-0.2, 0) is 22.7 Å². The molecule has 0 atom stereocenters. The SMILES string of the molecule is Cc1ccc(CN2C(=O)/C(=C3\SC(=S)N(Cc4ccccc4Cl)C3=O)c3ccccc32)cc1. The lowest BCUT2D eigenvalue weighted by molar-refractivity contribution is -0.122. The van der Waals surface area contributed by atoms with Crippen molar-refractivity contribution in [3.63, 3.8) is 0 Å². The van der Waals surface area contributed by atoms with Crippen LogP contribution in [0.1, 0.15) is 22.3 Å². The smallest absolute Gasteiger partial charge is 0.267 e. The number of thioether (sulfide) groups is 1. The minimum absolute atomic E-state index is 0.185. The highest BCUT2D eigenvalue weighted by Crippen LogP contribution is 2.45. The third-order valence-electron chi connectivity index (χ3n) is 5.75. The van der Waals surface area contributed by atoms with E-state index < -0.39 is 0 Å². The lowest BCUT2D eigenvalue weighted by atomic mass is 10.1. The average molecular weight is 491 g/mol. The lowest BCUT2D eigenvalue weighted by Gasteiger charge is -2.17. The minimum Gasteiger partial charge on any atom is -0.303 e. The van der Waals surface area contributed by atoms with Gasteiger partial charge in [-0.05, 0) is 30.2 Å². The van der Waals surface area contributed by atoms with E-state index in [9.17, 15) is 9.59 Å². The molecule has 0 radical (unpaired) electrons. The van der Waals surface area contributed by atoms with E-state index in [0.717, 1.165) is 27.9 Å². The summed E-state index contributed by atoms with van der Waals surface area (Å²) in [6, 6.07) is 23.1. The molecule has 3 aromatic carbocycles. The van der Waals surface area contributed by atoms with E-state index in [4.69, 9.17) is 23.8 Å². The van der Waals surface area contributed by atoms with Crippen molar-refractivity contribution in [3.8, 4) is 0 Å². The van der Waals surface area contributed by atoms with Gasteiger partial charge >= 0.3 is 0 Å². The predicted octanol–water partition coefficient (Wildman–Crippen LogP) is 5.97. The number of thiocarbonyl (C=S) groups is 1. The number of fused-ring (bicyclic) bond motifs is 1. The van der Waals surface area contributed by atoms with Crippen LogP contribution in [0.5, 0.6) is 0 Å². The van der Waals surface area contributed by atoms with Crippen LogP contribution in [-0.4, -0.2) is 21.0 Å². The summed E-state index contributed by atoms with van der Waals surface area (Å²) in [6.45, 7) is 2.73. The van der Waals surface area contributed by atoms with Gasteiger partial charge < -0.3 is 4.90 Å². The molecule has 0 aromatic heterocycles. The second-order valence-electron chi connectivity index (χ2n) is 7.95. The van der Waals surface area contributed by atoms with Crippen molar-refractivity contribution in [1.29, 1.82) is 0 Å². The Labute approximate surface area is 206 Å². The number of carbonyl (C=O) groups excluding carboxylic acids is 2. The van der Waals surface area contributed by atoms with Crippen LogP contribution < -0.4 is 4.90 Å². The van der Waals surface area contributed by atoms with E-state index in [1.807, 2.05) is 73.7 Å². The monoisotopic (exact) mass is 490 g/mol. The van der Waals surface area contributed by atoms with Gasteiger partial charge in [-0.3, -0.25) is 14.5 Å². The topological polar surface area (TPSA) is 40.6 Å². The van der Waals surface area contributed by atoms with Gasteiger partial charge in [-0.1, -0.05) is 102 Å². The first kappa shape index (κ1) is 21.9. The molecule has 2 aliphatic rings. The predicted molar refractivity (Wildman–Crippen MR) is 138 cm³/mol. The molecule has 1 saturated heterocycles. The Hall–Kier alpha value is -2.93. The first-order valence-electron chi connectivity index (χ1n) is 10.4. The Morgan fingerprint density at radius 3 is 2.30 bits per heavy atom. The molecule has 2 aliphatic heterocycles. The number of carbonyl (C=O) groups is 2. The number of nitrogens with zero attached hydrogens (tertiary/aromatic N) is 2. The Kier molecular flexibility index (Phi) is 5.83. The van der Waals surface area contributed by atoms with Gasteiger partial charge in [-0.15, -0.1) is 0 Å². The van der Waals surface area contributed by atoms with E-state index in [1.165, 1.54) is 16.7 Å². The summed E-state index contributed by atoms with van der Waals surface area (Å²) >= 11 is 13.0. The second kappa shape index (κ2) is 8.78. The van der Waals surface area contributed by atoms with E-state index >= 15 is 0 Å². The van der Waals surface area contributed by atoms with Crippen molar-refractivity contribution in [3.05, 3.63) is 105 Å². The van der Waals surface area contributed by atoms with Crippen molar-refractivity contribution < 1.29 is 9.59 Å². The molecule has 2 heterocycles. The number of rotatable bonds is 4. The molecule has 2 amide bonds. The molecule has 4 nitrogen and oxygen atoms in total. The van der Waals surface area contributed by atoms with Crippen LogP contribution in [0.4, 0.5) is 5.69 Å². The quantitative estimate of drug-likeness (QED) is 0.334. The molecular weight excluding hydrogens is 472 g/mol. The molecule has 164 valence electrons. The number of benzene rings is 3. The first-order valence-corrected chi connectivity index (χ1v) is 12.0. The van der Waals surface area contributed by atoms with Crippen molar-refractivity contribution >= 4 is 63.0 Å². The lowest BCUT2D eigenvalue weighted by Crippen LogP contribution is -2.29. The first-order chi connectivity index (χ1) is 15.9. The van der Waals surface area contributed by atoms with Crippen molar-refractivity contribution in [2.24, 2.45) is 0 Å². The Balaban J connectivity index is 1.51. The molecule has 0 N–H and O–H groups in total. The molecule has 3 aromatic rings. The highest BCUT2D eigenvalue weighted by Gasteiger charge is 2.42. The van der Waals surface area contributed by atoms with E-state index in [1.54, 1.807) is 11.0 Å². The highest BCUT2D eigenvalue weighted by molar-refractivity contribution is 8.26. The number of amides is 2. The van der Waals surface area contributed by atoms with Gasteiger partial charge in [0, 0.05) is 10.6 Å². The van der Waals surface area contributed by atoms with Crippen LogP contribution in [0.2, 0.25) is 5.02 Å². The zero-order valence-electron chi connectivity index (χ0n) is 17.7. The van der Waals surface area contributed by atoms with Crippen LogP contribution >= 0.6 is 35.6 Å². The molecule has 1 fully saturated rings.